The van der Waals surface area contributed by atoms with Crippen LogP contribution in [0.2, 0.25) is 0 Å². The lowest BCUT2D eigenvalue weighted by Crippen LogP contribution is -2.19. The Labute approximate surface area is 104 Å². The van der Waals surface area contributed by atoms with Crippen LogP contribution in [-0.2, 0) is 0 Å². The van der Waals surface area contributed by atoms with E-state index in [9.17, 15) is 0 Å². The van der Waals surface area contributed by atoms with Crippen LogP contribution in [0.3, 0.4) is 0 Å². The van der Waals surface area contributed by atoms with E-state index in [0.29, 0.717) is 0 Å². The Hall–Kier alpha value is -2.17. The summed E-state index contributed by atoms with van der Waals surface area (Å²) in [5, 5.41) is 2.28. The van der Waals surface area contributed by atoms with E-state index in [0.717, 1.165) is 40.8 Å². The van der Waals surface area contributed by atoms with Crippen molar-refractivity contribution >= 4 is 27.8 Å². The van der Waals surface area contributed by atoms with E-state index in [4.69, 9.17) is 0 Å². The van der Waals surface area contributed by atoms with Gasteiger partial charge in [-0.3, -0.25) is 4.98 Å². The van der Waals surface area contributed by atoms with Crippen molar-refractivity contribution in [2.75, 3.05) is 18.0 Å². The van der Waals surface area contributed by atoms with Gasteiger partial charge < -0.3 is 9.88 Å². The number of H-pyrrole nitrogens is 1. The smallest absolute Gasteiger partial charge is 0.143 e. The molecular formula is C13H13N5. The second-order valence-corrected chi connectivity index (χ2v) is 4.66. The van der Waals surface area contributed by atoms with Crippen molar-refractivity contribution in [3.8, 4) is 0 Å². The van der Waals surface area contributed by atoms with Gasteiger partial charge in [-0.15, -0.1) is 0 Å². The molecule has 18 heavy (non-hydrogen) atoms. The van der Waals surface area contributed by atoms with Crippen LogP contribution < -0.4 is 4.90 Å². The molecule has 90 valence electrons. The lowest BCUT2D eigenvalue weighted by Gasteiger charge is -2.16. The van der Waals surface area contributed by atoms with Crippen LogP contribution in [0.4, 0.5) is 5.82 Å². The number of aromatic nitrogens is 4. The molecule has 4 rings (SSSR count). The van der Waals surface area contributed by atoms with Crippen molar-refractivity contribution in [2.45, 2.75) is 12.8 Å². The third kappa shape index (κ3) is 1.30. The van der Waals surface area contributed by atoms with E-state index < -0.39 is 0 Å². The van der Waals surface area contributed by atoms with Crippen molar-refractivity contribution in [1.29, 1.82) is 0 Å². The van der Waals surface area contributed by atoms with E-state index in [1.165, 1.54) is 12.8 Å². The summed E-state index contributed by atoms with van der Waals surface area (Å²) < 4.78 is 0. The first kappa shape index (κ1) is 9.82. The lowest BCUT2D eigenvalue weighted by molar-refractivity contribution is 0.939. The molecule has 5 heteroatoms. The minimum atomic E-state index is 0.898. The van der Waals surface area contributed by atoms with Crippen molar-refractivity contribution in [1.82, 2.24) is 19.9 Å². The summed E-state index contributed by atoms with van der Waals surface area (Å²) in [5.74, 6) is 1.05. The Morgan fingerprint density at radius 2 is 2.06 bits per heavy atom. The topological polar surface area (TPSA) is 57.7 Å². The van der Waals surface area contributed by atoms with Gasteiger partial charge in [-0.1, -0.05) is 0 Å². The zero-order chi connectivity index (χ0) is 11.9. The second-order valence-electron chi connectivity index (χ2n) is 4.66. The fourth-order valence-corrected chi connectivity index (χ4v) is 2.73. The maximum Gasteiger partial charge on any atom is 0.143 e. The highest BCUT2D eigenvalue weighted by atomic mass is 15.2. The van der Waals surface area contributed by atoms with Gasteiger partial charge in [-0.25, -0.2) is 9.97 Å². The maximum absolute atomic E-state index is 4.49. The molecule has 0 radical (unpaired) electrons. The van der Waals surface area contributed by atoms with Crippen molar-refractivity contribution in [2.24, 2.45) is 0 Å². The van der Waals surface area contributed by atoms with Crippen LogP contribution in [0.25, 0.3) is 21.9 Å². The highest BCUT2D eigenvalue weighted by Gasteiger charge is 2.19. The molecule has 1 aliphatic heterocycles. The summed E-state index contributed by atoms with van der Waals surface area (Å²) in [6, 6.07) is 2.02. The van der Waals surface area contributed by atoms with E-state index in [1.807, 2.05) is 18.5 Å². The molecule has 1 saturated heterocycles. The number of aromatic amines is 1. The van der Waals surface area contributed by atoms with Gasteiger partial charge in [0.05, 0.1) is 17.1 Å². The van der Waals surface area contributed by atoms with Gasteiger partial charge >= 0.3 is 0 Å². The first-order chi connectivity index (χ1) is 8.93. The third-order valence-corrected chi connectivity index (χ3v) is 3.58. The van der Waals surface area contributed by atoms with Gasteiger partial charge in [0.25, 0.3) is 0 Å². The monoisotopic (exact) mass is 239 g/mol. The Morgan fingerprint density at radius 3 is 2.94 bits per heavy atom. The van der Waals surface area contributed by atoms with Gasteiger partial charge in [0.1, 0.15) is 17.8 Å². The predicted molar refractivity (Wildman–Crippen MR) is 70.6 cm³/mol. The molecule has 0 aromatic carbocycles. The molecule has 1 fully saturated rings. The van der Waals surface area contributed by atoms with E-state index in [1.54, 1.807) is 6.33 Å². The van der Waals surface area contributed by atoms with Crippen molar-refractivity contribution in [3.63, 3.8) is 0 Å². The van der Waals surface area contributed by atoms with Crippen LogP contribution >= 0.6 is 0 Å². The summed E-state index contributed by atoms with van der Waals surface area (Å²) in [5.41, 5.74) is 1.92. The number of nitrogens with zero attached hydrogens (tertiary/aromatic N) is 4. The number of pyridine rings is 1. The molecule has 0 bridgehead atoms. The predicted octanol–water partition coefficient (Wildman–Crippen LogP) is 2.11. The molecule has 0 unspecified atom stereocenters. The Balaban J connectivity index is 2.06. The zero-order valence-corrected chi connectivity index (χ0v) is 9.93. The average molecular weight is 239 g/mol. The molecule has 3 aromatic heterocycles. The first-order valence-electron chi connectivity index (χ1n) is 6.25. The summed E-state index contributed by atoms with van der Waals surface area (Å²) >= 11 is 0. The quantitative estimate of drug-likeness (QED) is 0.706. The van der Waals surface area contributed by atoms with Gasteiger partial charge in [-0.2, -0.15) is 0 Å². The van der Waals surface area contributed by atoms with Crippen LogP contribution in [0.15, 0.2) is 24.8 Å². The van der Waals surface area contributed by atoms with Gasteiger partial charge in [0.2, 0.25) is 0 Å². The fourth-order valence-electron chi connectivity index (χ4n) is 2.73. The maximum atomic E-state index is 4.49. The van der Waals surface area contributed by atoms with Crippen molar-refractivity contribution < 1.29 is 0 Å². The van der Waals surface area contributed by atoms with Crippen LogP contribution in [0, 0.1) is 0 Å². The number of hydrogen-bond donors (Lipinski definition) is 1. The molecular weight excluding hydrogens is 226 g/mol. The Morgan fingerprint density at radius 1 is 1.17 bits per heavy atom. The molecule has 0 amide bonds. The number of anilines is 1. The molecule has 5 nitrogen and oxygen atoms in total. The minimum absolute atomic E-state index is 0.898. The molecule has 0 spiro atoms. The highest BCUT2D eigenvalue weighted by Crippen LogP contribution is 2.31. The highest BCUT2D eigenvalue weighted by molar-refractivity contribution is 6.10. The third-order valence-electron chi connectivity index (χ3n) is 3.58. The Bertz CT molecular complexity index is 712. The van der Waals surface area contributed by atoms with Crippen molar-refractivity contribution in [3.05, 3.63) is 24.8 Å². The molecule has 1 N–H and O–H groups in total. The normalized spacial score (nSPS) is 15.9. The van der Waals surface area contributed by atoms with Crippen LogP contribution in [0.5, 0.6) is 0 Å². The molecule has 0 atom stereocenters. The lowest BCUT2D eigenvalue weighted by atomic mass is 10.2. The molecule has 0 saturated carbocycles. The first-order valence-corrected chi connectivity index (χ1v) is 6.25. The van der Waals surface area contributed by atoms with Crippen LogP contribution in [0.1, 0.15) is 12.8 Å². The molecule has 3 aromatic rings. The SMILES string of the molecule is c1cc2c(cn1)[nH]c1ncnc(N3CCCC3)c12. The Kier molecular flexibility index (Phi) is 2.00. The standard InChI is InChI=1S/C13H13N5/c1-2-6-18(5-1)13-11-9-3-4-14-7-10(9)17-12(11)15-8-16-13/h3-4,7-8H,1-2,5-6H2,(H,15,16,17). The minimum Gasteiger partial charge on any atom is -0.356 e. The molecule has 4 heterocycles. The largest absolute Gasteiger partial charge is 0.356 e. The summed E-state index contributed by atoms with van der Waals surface area (Å²) in [6.07, 6.45) is 7.78. The van der Waals surface area contributed by atoms with E-state index >= 15 is 0 Å². The summed E-state index contributed by atoms with van der Waals surface area (Å²) in [4.78, 5) is 18.6. The van der Waals surface area contributed by atoms with Gasteiger partial charge in [0, 0.05) is 24.7 Å². The van der Waals surface area contributed by atoms with E-state index in [2.05, 4.69) is 24.8 Å². The average Bonchev–Trinajstić information content (AvgIpc) is 3.05. The van der Waals surface area contributed by atoms with Crippen LogP contribution in [-0.4, -0.2) is 33.0 Å². The second kappa shape index (κ2) is 3.66. The number of nitrogens with one attached hydrogen (secondary N) is 1. The van der Waals surface area contributed by atoms with Gasteiger partial charge in [0.15, 0.2) is 0 Å². The number of hydrogen-bond acceptors (Lipinski definition) is 4. The number of rotatable bonds is 1. The van der Waals surface area contributed by atoms with E-state index in [-0.39, 0.29) is 0 Å². The fraction of sp³-hybridized carbons (Fsp3) is 0.308. The molecule has 1 aliphatic rings. The van der Waals surface area contributed by atoms with Gasteiger partial charge in [-0.05, 0) is 18.9 Å². The summed E-state index contributed by atoms with van der Waals surface area (Å²) in [7, 11) is 0. The summed E-state index contributed by atoms with van der Waals surface area (Å²) in [6.45, 7) is 2.17. The number of fused-ring (bicyclic) bond motifs is 3. The zero-order valence-electron chi connectivity index (χ0n) is 9.93. The molecule has 0 aliphatic carbocycles.